The van der Waals surface area contributed by atoms with Crippen LogP contribution in [0.25, 0.3) is 6.08 Å². The first-order valence-corrected chi connectivity index (χ1v) is 5.15. The minimum Gasteiger partial charge on any atom is -0.267 e. The molecule has 7 heteroatoms. The van der Waals surface area contributed by atoms with Gasteiger partial charge in [-0.2, -0.15) is 8.42 Å². The first kappa shape index (κ1) is 11.5. The van der Waals surface area contributed by atoms with Crippen LogP contribution in [0, 0.1) is 0 Å². The van der Waals surface area contributed by atoms with E-state index in [2.05, 4.69) is 4.99 Å². The molecule has 0 saturated heterocycles. The standard InChI is InChI=1S/C8H5NO.H2O4S/c10-8-5-6-3-1-2-4-7(6)9-8;1-5(2,3)4/h1-5H;(H2,1,2,3,4). The van der Waals surface area contributed by atoms with Crippen molar-refractivity contribution in [3.63, 3.8) is 0 Å². The van der Waals surface area contributed by atoms with Gasteiger partial charge in [0.15, 0.2) is 0 Å². The zero-order chi connectivity index (χ0) is 11.5. The van der Waals surface area contributed by atoms with Crippen LogP contribution in [0.2, 0.25) is 0 Å². The van der Waals surface area contributed by atoms with Gasteiger partial charge < -0.3 is 0 Å². The Morgan fingerprint density at radius 3 is 2.20 bits per heavy atom. The molecule has 2 N–H and O–H groups in total. The van der Waals surface area contributed by atoms with Crippen molar-refractivity contribution in [1.82, 2.24) is 0 Å². The van der Waals surface area contributed by atoms with Gasteiger partial charge in [-0.25, -0.2) is 4.99 Å². The Hall–Kier alpha value is -1.57. The van der Waals surface area contributed by atoms with E-state index in [4.69, 9.17) is 17.5 Å². The smallest absolute Gasteiger partial charge is 0.267 e. The molecule has 2 rings (SSSR count). The first-order valence-electron chi connectivity index (χ1n) is 3.75. The Morgan fingerprint density at radius 1 is 1.13 bits per heavy atom. The molecule has 0 fully saturated rings. The van der Waals surface area contributed by atoms with Crippen molar-refractivity contribution in [3.8, 4) is 0 Å². The summed E-state index contributed by atoms with van der Waals surface area (Å²) in [5.74, 6) is -0.152. The molecule has 15 heavy (non-hydrogen) atoms. The number of rotatable bonds is 0. The number of carbonyl (C=O) groups excluding carboxylic acids is 1. The van der Waals surface area contributed by atoms with Gasteiger partial charge in [-0.15, -0.1) is 0 Å². The lowest BCUT2D eigenvalue weighted by atomic mass is 10.3. The van der Waals surface area contributed by atoms with Crippen LogP contribution in [-0.2, 0) is 15.2 Å². The molecule has 0 unspecified atom stereocenters. The van der Waals surface area contributed by atoms with Gasteiger partial charge in [0.2, 0.25) is 0 Å². The number of para-hydroxylation sites is 1. The summed E-state index contributed by atoms with van der Waals surface area (Å²) in [4.78, 5) is 14.4. The number of benzene rings is 1. The first-order chi connectivity index (χ1) is 6.86. The monoisotopic (exact) mass is 229 g/mol. The molecule has 1 aliphatic heterocycles. The van der Waals surface area contributed by atoms with E-state index in [1.54, 1.807) is 0 Å². The van der Waals surface area contributed by atoms with Gasteiger partial charge in [0.25, 0.3) is 5.91 Å². The zero-order valence-corrected chi connectivity index (χ0v) is 8.18. The number of nitrogens with zero attached hydrogens (tertiary/aromatic N) is 1. The Bertz CT molecular complexity index is 545. The van der Waals surface area contributed by atoms with Gasteiger partial charge in [-0.3, -0.25) is 13.9 Å². The molecule has 0 radical (unpaired) electrons. The average Bonchev–Trinajstić information content (AvgIpc) is 2.40. The van der Waals surface area contributed by atoms with E-state index in [1.807, 2.05) is 24.3 Å². The maximum atomic E-state index is 10.7. The fourth-order valence-corrected chi connectivity index (χ4v) is 0.995. The average molecular weight is 229 g/mol. The third kappa shape index (κ3) is 4.45. The van der Waals surface area contributed by atoms with Gasteiger partial charge in [0, 0.05) is 11.3 Å². The van der Waals surface area contributed by atoms with Crippen LogP contribution in [0.15, 0.2) is 29.3 Å². The molecule has 1 aromatic carbocycles. The Morgan fingerprint density at radius 2 is 1.67 bits per heavy atom. The van der Waals surface area contributed by atoms with Crippen LogP contribution < -0.4 is 10.6 Å². The number of carbonyl (C=O) groups is 1. The quantitative estimate of drug-likeness (QED) is 0.554. The number of hydrogen-bond donors (Lipinski definition) is 2. The van der Waals surface area contributed by atoms with Gasteiger partial charge in [0.05, 0.1) is 5.36 Å². The summed E-state index contributed by atoms with van der Waals surface area (Å²) in [5.41, 5.74) is 0. The lowest BCUT2D eigenvalue weighted by Gasteiger charge is -1.77. The van der Waals surface area contributed by atoms with Crippen LogP contribution >= 0.6 is 0 Å². The van der Waals surface area contributed by atoms with Crippen molar-refractivity contribution in [2.24, 2.45) is 4.99 Å². The third-order valence-corrected chi connectivity index (χ3v) is 1.45. The number of fused-ring (bicyclic) bond motifs is 1. The summed E-state index contributed by atoms with van der Waals surface area (Å²) in [6.45, 7) is 0. The molecule has 0 atom stereocenters. The van der Waals surface area contributed by atoms with Crippen LogP contribution in [0.4, 0.5) is 0 Å². The summed E-state index contributed by atoms with van der Waals surface area (Å²) < 4.78 is 31.6. The summed E-state index contributed by atoms with van der Waals surface area (Å²) in [6, 6.07) is 7.47. The van der Waals surface area contributed by atoms with Crippen molar-refractivity contribution in [1.29, 1.82) is 0 Å². The fourth-order valence-electron chi connectivity index (χ4n) is 0.995. The highest BCUT2D eigenvalue weighted by Gasteiger charge is 1.99. The predicted molar refractivity (Wildman–Crippen MR) is 50.9 cm³/mol. The zero-order valence-electron chi connectivity index (χ0n) is 7.36. The van der Waals surface area contributed by atoms with E-state index in [-0.39, 0.29) is 5.91 Å². The van der Waals surface area contributed by atoms with Crippen molar-refractivity contribution >= 4 is 22.4 Å². The molecule has 6 nitrogen and oxygen atoms in total. The number of hydrogen-bond acceptors (Lipinski definition) is 3. The fraction of sp³-hybridized carbons (Fsp3) is 0. The Labute approximate surface area is 85.2 Å². The molecule has 80 valence electrons. The predicted octanol–water partition coefficient (Wildman–Crippen LogP) is -1.03. The maximum absolute atomic E-state index is 10.7. The molecule has 1 aromatic rings. The largest absolute Gasteiger partial charge is 0.394 e. The Kier molecular flexibility index (Phi) is 3.30. The molecule has 0 bridgehead atoms. The SMILES string of the molecule is O=C1C=c2ccccc2=N1.O=S(=O)(O)O. The summed E-state index contributed by atoms with van der Waals surface area (Å²) in [6.07, 6.45) is 1.54. The van der Waals surface area contributed by atoms with Crippen molar-refractivity contribution in [2.75, 3.05) is 0 Å². The molecule has 1 heterocycles. The van der Waals surface area contributed by atoms with E-state index in [9.17, 15) is 4.79 Å². The minimum atomic E-state index is -4.67. The maximum Gasteiger partial charge on any atom is 0.394 e. The highest BCUT2D eigenvalue weighted by atomic mass is 32.3. The molecule has 0 aliphatic carbocycles. The summed E-state index contributed by atoms with van der Waals surface area (Å²) in [5, 5.41) is 1.71. The minimum absolute atomic E-state index is 0.152. The van der Waals surface area contributed by atoms with Crippen molar-refractivity contribution < 1.29 is 22.3 Å². The highest BCUT2D eigenvalue weighted by Crippen LogP contribution is 1.81. The van der Waals surface area contributed by atoms with E-state index in [1.165, 1.54) is 6.08 Å². The molecular weight excluding hydrogens is 222 g/mol. The van der Waals surface area contributed by atoms with Gasteiger partial charge >= 0.3 is 10.4 Å². The van der Waals surface area contributed by atoms with Crippen LogP contribution in [0.5, 0.6) is 0 Å². The summed E-state index contributed by atoms with van der Waals surface area (Å²) >= 11 is 0. The van der Waals surface area contributed by atoms with Gasteiger partial charge in [-0.1, -0.05) is 18.2 Å². The Balaban J connectivity index is 0.000000195. The van der Waals surface area contributed by atoms with E-state index >= 15 is 0 Å². The van der Waals surface area contributed by atoms with Crippen molar-refractivity contribution in [2.45, 2.75) is 0 Å². The van der Waals surface area contributed by atoms with Crippen LogP contribution in [0.3, 0.4) is 0 Å². The second kappa shape index (κ2) is 4.30. The third-order valence-electron chi connectivity index (χ3n) is 1.45. The highest BCUT2D eigenvalue weighted by molar-refractivity contribution is 7.79. The van der Waals surface area contributed by atoms with Crippen molar-refractivity contribution in [3.05, 3.63) is 34.8 Å². The van der Waals surface area contributed by atoms with Crippen LogP contribution in [0.1, 0.15) is 0 Å². The summed E-state index contributed by atoms with van der Waals surface area (Å²) in [7, 11) is -4.67. The van der Waals surface area contributed by atoms with E-state index in [0.717, 1.165) is 10.6 Å². The topological polar surface area (TPSA) is 104 Å². The second-order valence-electron chi connectivity index (χ2n) is 2.60. The molecule has 0 spiro atoms. The van der Waals surface area contributed by atoms with Crippen LogP contribution in [-0.4, -0.2) is 23.4 Å². The van der Waals surface area contributed by atoms with E-state index in [0.29, 0.717) is 0 Å². The second-order valence-corrected chi connectivity index (χ2v) is 3.50. The van der Waals surface area contributed by atoms with E-state index < -0.39 is 10.4 Å². The molecule has 1 aliphatic rings. The molecule has 1 amide bonds. The lowest BCUT2D eigenvalue weighted by Crippen LogP contribution is -2.19. The van der Waals surface area contributed by atoms with Gasteiger partial charge in [-0.05, 0) is 6.07 Å². The molecular formula is C8H7NO5S. The number of amides is 1. The lowest BCUT2D eigenvalue weighted by molar-refractivity contribution is -0.112. The molecule has 0 aromatic heterocycles. The van der Waals surface area contributed by atoms with Gasteiger partial charge in [0.1, 0.15) is 0 Å². The molecule has 0 saturated carbocycles. The normalized spacial score (nSPS) is 13.1.